The Balaban J connectivity index is 2.05. The average molecular weight is 327 g/mol. The number of thiazole rings is 1. The molecule has 1 amide bonds. The van der Waals surface area contributed by atoms with Gasteiger partial charge >= 0.3 is 0 Å². The topological polar surface area (TPSA) is 62.2 Å². The number of rotatable bonds is 3. The molecule has 4 nitrogen and oxygen atoms in total. The lowest BCUT2D eigenvalue weighted by atomic mass is 10.2. The summed E-state index contributed by atoms with van der Waals surface area (Å²) in [6.07, 6.45) is 1.77. The number of phenols is 1. The van der Waals surface area contributed by atoms with E-state index in [1.54, 1.807) is 18.3 Å². The minimum absolute atomic E-state index is 0.0361. The molecule has 6 heteroatoms. The number of aryl methyl sites for hydroxylation is 1. The molecule has 1 heterocycles. The Morgan fingerprint density at radius 2 is 2.33 bits per heavy atom. The number of hydrogen-bond acceptors (Lipinski definition) is 4. The number of aromatic hydroxyl groups is 1. The molecule has 0 radical (unpaired) electrons. The van der Waals surface area contributed by atoms with Gasteiger partial charge in [0.25, 0.3) is 5.91 Å². The Bertz CT molecular complexity index is 583. The van der Waals surface area contributed by atoms with E-state index in [9.17, 15) is 9.90 Å². The van der Waals surface area contributed by atoms with Gasteiger partial charge < -0.3 is 10.4 Å². The summed E-state index contributed by atoms with van der Waals surface area (Å²) in [7, 11) is 0. The fourth-order valence-electron chi connectivity index (χ4n) is 1.42. The molecule has 0 unspecified atom stereocenters. The predicted octanol–water partition coefficient (Wildman–Crippen LogP) is 2.85. The normalized spacial score (nSPS) is 10.3. The van der Waals surface area contributed by atoms with Crippen LogP contribution < -0.4 is 5.32 Å². The highest BCUT2D eigenvalue weighted by atomic mass is 79.9. The largest absolute Gasteiger partial charge is 0.507 e. The van der Waals surface area contributed by atoms with E-state index in [-0.39, 0.29) is 17.2 Å². The zero-order valence-corrected chi connectivity index (χ0v) is 12.0. The van der Waals surface area contributed by atoms with Crippen LogP contribution in [0, 0.1) is 6.92 Å². The molecular weight excluding hydrogens is 316 g/mol. The molecule has 0 aliphatic carbocycles. The van der Waals surface area contributed by atoms with Crippen molar-refractivity contribution in [3.05, 3.63) is 44.3 Å². The van der Waals surface area contributed by atoms with Crippen molar-refractivity contribution in [2.24, 2.45) is 0 Å². The Labute approximate surface area is 117 Å². The van der Waals surface area contributed by atoms with Crippen LogP contribution in [0.1, 0.15) is 20.2 Å². The summed E-state index contributed by atoms with van der Waals surface area (Å²) in [6.45, 7) is 2.33. The van der Waals surface area contributed by atoms with Crippen molar-refractivity contribution in [1.82, 2.24) is 10.3 Å². The van der Waals surface area contributed by atoms with Crippen molar-refractivity contribution in [2.45, 2.75) is 13.5 Å². The summed E-state index contributed by atoms with van der Waals surface area (Å²) in [5.41, 5.74) is 0.248. The number of carbonyl (C=O) groups excluding carboxylic acids is 1. The highest BCUT2D eigenvalue weighted by Gasteiger charge is 2.11. The molecule has 94 valence electrons. The van der Waals surface area contributed by atoms with E-state index in [0.717, 1.165) is 14.4 Å². The first-order chi connectivity index (χ1) is 8.56. The molecule has 0 aliphatic heterocycles. The number of carbonyl (C=O) groups is 1. The van der Waals surface area contributed by atoms with E-state index in [4.69, 9.17) is 0 Å². The molecule has 2 rings (SSSR count). The van der Waals surface area contributed by atoms with Crippen molar-refractivity contribution in [1.29, 1.82) is 0 Å². The summed E-state index contributed by atoms with van der Waals surface area (Å²) >= 11 is 4.80. The summed E-state index contributed by atoms with van der Waals surface area (Å²) in [4.78, 5) is 17.1. The summed E-state index contributed by atoms with van der Waals surface area (Å²) in [6, 6.07) is 4.74. The number of amides is 1. The van der Waals surface area contributed by atoms with E-state index in [1.807, 2.05) is 6.92 Å². The highest BCUT2D eigenvalue weighted by molar-refractivity contribution is 9.10. The van der Waals surface area contributed by atoms with Gasteiger partial charge in [-0.25, -0.2) is 4.98 Å². The third-order valence-electron chi connectivity index (χ3n) is 2.27. The highest BCUT2D eigenvalue weighted by Crippen LogP contribution is 2.21. The minimum atomic E-state index is -0.318. The summed E-state index contributed by atoms with van der Waals surface area (Å²) in [5, 5.41) is 13.2. The fourth-order valence-corrected chi connectivity index (χ4v) is 2.51. The molecular formula is C12H11BrN2O2S. The van der Waals surface area contributed by atoms with Crippen molar-refractivity contribution in [3.8, 4) is 5.75 Å². The van der Waals surface area contributed by atoms with Crippen LogP contribution in [-0.2, 0) is 6.54 Å². The van der Waals surface area contributed by atoms with Crippen LogP contribution in [0.3, 0.4) is 0 Å². The third-order valence-corrected chi connectivity index (χ3v) is 3.68. The zero-order chi connectivity index (χ0) is 13.1. The maximum atomic E-state index is 11.9. The molecule has 1 aromatic heterocycles. The molecule has 18 heavy (non-hydrogen) atoms. The molecule has 0 spiro atoms. The molecule has 1 aromatic carbocycles. The molecule has 2 aromatic rings. The number of benzene rings is 1. The van der Waals surface area contributed by atoms with Crippen molar-refractivity contribution in [3.63, 3.8) is 0 Å². The standard InChI is InChI=1S/C12H11BrN2O2S/c1-7-5-14-11(18-7)6-15-12(17)9-4-8(13)2-3-10(9)16/h2-5,16H,6H2,1H3,(H,15,17). The Kier molecular flexibility index (Phi) is 3.98. The number of phenolic OH excluding ortho intramolecular Hbond substituents is 1. The van der Waals surface area contributed by atoms with Gasteiger partial charge in [-0.15, -0.1) is 11.3 Å². The first-order valence-corrected chi connectivity index (χ1v) is 6.85. The lowest BCUT2D eigenvalue weighted by molar-refractivity contribution is 0.0948. The second kappa shape index (κ2) is 5.49. The zero-order valence-electron chi connectivity index (χ0n) is 9.61. The van der Waals surface area contributed by atoms with E-state index < -0.39 is 0 Å². The molecule has 0 atom stereocenters. The smallest absolute Gasteiger partial charge is 0.255 e. The van der Waals surface area contributed by atoms with E-state index in [0.29, 0.717) is 6.54 Å². The van der Waals surface area contributed by atoms with Gasteiger partial charge in [-0.2, -0.15) is 0 Å². The molecule has 2 N–H and O–H groups in total. The van der Waals surface area contributed by atoms with Crippen LogP contribution in [-0.4, -0.2) is 16.0 Å². The van der Waals surface area contributed by atoms with Gasteiger partial charge in [-0.1, -0.05) is 15.9 Å². The fraction of sp³-hybridized carbons (Fsp3) is 0.167. The van der Waals surface area contributed by atoms with Gasteiger partial charge in [0, 0.05) is 15.5 Å². The van der Waals surface area contributed by atoms with Crippen LogP contribution in [0.2, 0.25) is 0 Å². The molecule has 0 bridgehead atoms. The van der Waals surface area contributed by atoms with Gasteiger partial charge in [-0.05, 0) is 25.1 Å². The van der Waals surface area contributed by atoms with Crippen LogP contribution in [0.25, 0.3) is 0 Å². The Morgan fingerprint density at radius 3 is 3.00 bits per heavy atom. The van der Waals surface area contributed by atoms with Crippen molar-refractivity contribution in [2.75, 3.05) is 0 Å². The monoisotopic (exact) mass is 326 g/mol. The average Bonchev–Trinajstić information content (AvgIpc) is 2.75. The molecule has 0 saturated heterocycles. The van der Waals surface area contributed by atoms with Crippen molar-refractivity contribution >= 4 is 33.2 Å². The van der Waals surface area contributed by atoms with Gasteiger partial charge in [0.1, 0.15) is 10.8 Å². The lowest BCUT2D eigenvalue weighted by Gasteiger charge is -2.05. The van der Waals surface area contributed by atoms with Crippen LogP contribution in [0.4, 0.5) is 0 Å². The van der Waals surface area contributed by atoms with Crippen molar-refractivity contribution < 1.29 is 9.90 Å². The van der Waals surface area contributed by atoms with Gasteiger partial charge in [0.05, 0.1) is 12.1 Å². The molecule has 0 fully saturated rings. The second-order valence-electron chi connectivity index (χ2n) is 3.71. The number of nitrogens with zero attached hydrogens (tertiary/aromatic N) is 1. The predicted molar refractivity (Wildman–Crippen MR) is 73.8 cm³/mol. The number of nitrogens with one attached hydrogen (secondary N) is 1. The quantitative estimate of drug-likeness (QED) is 0.911. The third kappa shape index (κ3) is 3.08. The van der Waals surface area contributed by atoms with Gasteiger partial charge in [0.15, 0.2) is 0 Å². The molecule has 0 saturated carbocycles. The first kappa shape index (κ1) is 13.0. The lowest BCUT2D eigenvalue weighted by Crippen LogP contribution is -2.22. The maximum Gasteiger partial charge on any atom is 0.255 e. The summed E-state index contributed by atoms with van der Waals surface area (Å²) < 4.78 is 0.746. The second-order valence-corrected chi connectivity index (χ2v) is 5.94. The van der Waals surface area contributed by atoms with E-state index in [2.05, 4.69) is 26.2 Å². The number of aromatic nitrogens is 1. The van der Waals surface area contributed by atoms with Gasteiger partial charge in [0.2, 0.25) is 0 Å². The Hall–Kier alpha value is -1.40. The molecule has 0 aliphatic rings. The first-order valence-electron chi connectivity index (χ1n) is 5.24. The Morgan fingerprint density at radius 1 is 1.56 bits per heavy atom. The number of hydrogen-bond donors (Lipinski definition) is 2. The SMILES string of the molecule is Cc1cnc(CNC(=O)c2cc(Br)ccc2O)s1. The summed E-state index contributed by atoms with van der Waals surface area (Å²) in [5.74, 6) is -0.354. The van der Waals surface area contributed by atoms with Gasteiger partial charge in [-0.3, -0.25) is 4.79 Å². The van der Waals surface area contributed by atoms with Crippen LogP contribution in [0.5, 0.6) is 5.75 Å². The van der Waals surface area contributed by atoms with Crippen LogP contribution >= 0.6 is 27.3 Å². The van der Waals surface area contributed by atoms with Crippen LogP contribution in [0.15, 0.2) is 28.9 Å². The number of halogens is 1. The maximum absolute atomic E-state index is 11.9. The van der Waals surface area contributed by atoms with E-state index >= 15 is 0 Å². The minimum Gasteiger partial charge on any atom is -0.507 e. The van der Waals surface area contributed by atoms with E-state index in [1.165, 1.54) is 17.4 Å².